The molecule has 3 rings (SSSR count). The molecule has 2 aromatic rings. The molecule has 8 heteroatoms. The maximum atomic E-state index is 12.0. The first-order valence-electron chi connectivity index (χ1n) is 9.00. The Balaban J connectivity index is 1.69. The van der Waals surface area contributed by atoms with Gasteiger partial charge < -0.3 is 24.1 Å². The SMILES string of the molecule is COCC(=O)N(C)[C@H]1CC[C@@H](Oc2cc3c(=O)[nH]cnc3cc2OC)CC1. The molecule has 0 bridgehead atoms. The van der Waals surface area contributed by atoms with Crippen molar-refractivity contribution in [3.8, 4) is 11.5 Å². The van der Waals surface area contributed by atoms with Crippen molar-refractivity contribution in [1.82, 2.24) is 14.9 Å². The van der Waals surface area contributed by atoms with Crippen LogP contribution in [0.5, 0.6) is 11.5 Å². The first-order chi connectivity index (χ1) is 13.0. The van der Waals surface area contributed by atoms with Crippen LogP contribution in [0.15, 0.2) is 23.3 Å². The van der Waals surface area contributed by atoms with E-state index >= 15 is 0 Å². The Morgan fingerprint density at radius 2 is 1.96 bits per heavy atom. The van der Waals surface area contributed by atoms with Crippen molar-refractivity contribution in [3.63, 3.8) is 0 Å². The van der Waals surface area contributed by atoms with Crippen LogP contribution in [0.25, 0.3) is 10.9 Å². The monoisotopic (exact) mass is 375 g/mol. The van der Waals surface area contributed by atoms with Gasteiger partial charge in [-0.25, -0.2) is 4.98 Å². The van der Waals surface area contributed by atoms with E-state index < -0.39 is 0 Å². The largest absolute Gasteiger partial charge is 0.493 e. The van der Waals surface area contributed by atoms with E-state index in [1.165, 1.54) is 13.4 Å². The molecule has 8 nitrogen and oxygen atoms in total. The highest BCUT2D eigenvalue weighted by Gasteiger charge is 2.28. The third kappa shape index (κ3) is 4.21. The Kier molecular flexibility index (Phi) is 5.95. The molecule has 0 spiro atoms. The number of benzene rings is 1. The fraction of sp³-hybridized carbons (Fsp3) is 0.526. The van der Waals surface area contributed by atoms with E-state index in [0.29, 0.717) is 22.4 Å². The van der Waals surface area contributed by atoms with Crippen LogP contribution in [0.2, 0.25) is 0 Å². The Morgan fingerprint density at radius 1 is 1.22 bits per heavy atom. The van der Waals surface area contributed by atoms with Gasteiger partial charge in [0.15, 0.2) is 11.5 Å². The number of amides is 1. The average Bonchev–Trinajstić information content (AvgIpc) is 2.68. The number of H-pyrrole nitrogens is 1. The molecule has 1 N–H and O–H groups in total. The van der Waals surface area contributed by atoms with Crippen LogP contribution < -0.4 is 15.0 Å². The number of nitrogens with one attached hydrogen (secondary N) is 1. The lowest BCUT2D eigenvalue weighted by molar-refractivity contribution is -0.136. The molecule has 1 aromatic heterocycles. The van der Waals surface area contributed by atoms with Gasteiger partial charge in [0.05, 0.1) is 30.4 Å². The third-order valence-corrected chi connectivity index (χ3v) is 5.07. The van der Waals surface area contributed by atoms with E-state index in [1.54, 1.807) is 24.1 Å². The number of hydrogen-bond acceptors (Lipinski definition) is 6. The van der Waals surface area contributed by atoms with Crippen LogP contribution in [-0.4, -0.2) is 60.8 Å². The van der Waals surface area contributed by atoms with E-state index in [1.807, 2.05) is 7.05 Å². The lowest BCUT2D eigenvalue weighted by atomic mass is 9.92. The van der Waals surface area contributed by atoms with Crippen molar-refractivity contribution in [2.24, 2.45) is 0 Å². The van der Waals surface area contributed by atoms with Crippen LogP contribution in [0, 0.1) is 0 Å². The van der Waals surface area contributed by atoms with Crippen molar-refractivity contribution in [2.45, 2.75) is 37.8 Å². The highest BCUT2D eigenvalue weighted by atomic mass is 16.5. The minimum atomic E-state index is -0.213. The summed E-state index contributed by atoms with van der Waals surface area (Å²) in [5.41, 5.74) is 0.347. The number of nitrogens with zero attached hydrogens (tertiary/aromatic N) is 2. The lowest BCUT2D eigenvalue weighted by Gasteiger charge is -2.34. The maximum absolute atomic E-state index is 12.0. The zero-order valence-corrected chi connectivity index (χ0v) is 15.9. The number of aromatic nitrogens is 2. The number of carbonyl (C=O) groups excluding carboxylic acids is 1. The summed E-state index contributed by atoms with van der Waals surface area (Å²) in [5, 5.41) is 0.465. The summed E-state index contributed by atoms with van der Waals surface area (Å²) in [7, 11) is 4.90. The Bertz CT molecular complexity index is 858. The van der Waals surface area contributed by atoms with Crippen molar-refractivity contribution >= 4 is 16.8 Å². The number of methoxy groups -OCH3 is 2. The second-order valence-corrected chi connectivity index (χ2v) is 6.74. The molecule has 1 amide bonds. The molecule has 146 valence electrons. The summed E-state index contributed by atoms with van der Waals surface area (Å²) in [6.07, 6.45) is 4.73. The minimum Gasteiger partial charge on any atom is -0.493 e. The van der Waals surface area contributed by atoms with E-state index in [9.17, 15) is 9.59 Å². The van der Waals surface area contributed by atoms with Gasteiger partial charge in [0.1, 0.15) is 6.61 Å². The molecule has 27 heavy (non-hydrogen) atoms. The molecule has 1 heterocycles. The van der Waals surface area contributed by atoms with Crippen LogP contribution in [-0.2, 0) is 9.53 Å². The van der Waals surface area contributed by atoms with Gasteiger partial charge in [0, 0.05) is 26.3 Å². The highest BCUT2D eigenvalue weighted by Crippen LogP contribution is 2.34. The first kappa shape index (κ1) is 19.2. The molecule has 0 atom stereocenters. The van der Waals surface area contributed by atoms with Crippen molar-refractivity contribution in [1.29, 1.82) is 0 Å². The molecule has 1 aliphatic rings. The summed E-state index contributed by atoms with van der Waals surface area (Å²) >= 11 is 0. The summed E-state index contributed by atoms with van der Waals surface area (Å²) in [5.74, 6) is 1.08. The lowest BCUT2D eigenvalue weighted by Crippen LogP contribution is -2.42. The molecule has 1 saturated carbocycles. The molecule has 0 unspecified atom stereocenters. The highest BCUT2D eigenvalue weighted by molar-refractivity contribution is 5.81. The summed E-state index contributed by atoms with van der Waals surface area (Å²) in [6.45, 7) is 0.101. The molecule has 1 aromatic carbocycles. The first-order valence-corrected chi connectivity index (χ1v) is 9.00. The van der Waals surface area contributed by atoms with Crippen LogP contribution in [0.3, 0.4) is 0 Å². The van der Waals surface area contributed by atoms with Crippen molar-refractivity contribution in [3.05, 3.63) is 28.8 Å². The number of carbonyl (C=O) groups is 1. The molecule has 0 saturated heterocycles. The second-order valence-electron chi connectivity index (χ2n) is 6.74. The average molecular weight is 375 g/mol. The summed E-state index contributed by atoms with van der Waals surface area (Å²) < 4.78 is 16.5. The predicted octanol–water partition coefficient (Wildman–Crippen LogP) is 1.73. The number of rotatable bonds is 6. The normalized spacial score (nSPS) is 19.7. The molecule has 1 fully saturated rings. The topological polar surface area (TPSA) is 93.8 Å². The van der Waals surface area contributed by atoms with E-state index in [2.05, 4.69) is 9.97 Å². The van der Waals surface area contributed by atoms with Crippen molar-refractivity contribution < 1.29 is 19.0 Å². The van der Waals surface area contributed by atoms with Crippen LogP contribution >= 0.6 is 0 Å². The van der Waals surface area contributed by atoms with Crippen LogP contribution in [0.1, 0.15) is 25.7 Å². The molecular weight excluding hydrogens is 350 g/mol. The third-order valence-electron chi connectivity index (χ3n) is 5.07. The maximum Gasteiger partial charge on any atom is 0.258 e. The Labute approximate surface area is 157 Å². The Morgan fingerprint density at radius 3 is 2.63 bits per heavy atom. The van der Waals surface area contributed by atoms with E-state index in [0.717, 1.165) is 25.7 Å². The van der Waals surface area contributed by atoms with Gasteiger partial charge >= 0.3 is 0 Å². The van der Waals surface area contributed by atoms with Gasteiger partial charge in [0.25, 0.3) is 5.56 Å². The molecule has 1 aliphatic carbocycles. The number of hydrogen-bond donors (Lipinski definition) is 1. The quantitative estimate of drug-likeness (QED) is 0.826. The number of ether oxygens (including phenoxy) is 3. The zero-order valence-electron chi connectivity index (χ0n) is 15.9. The van der Waals surface area contributed by atoms with Gasteiger partial charge in [-0.05, 0) is 31.7 Å². The summed E-state index contributed by atoms with van der Waals surface area (Å²) in [6, 6.07) is 3.58. The number of fused-ring (bicyclic) bond motifs is 1. The number of likely N-dealkylation sites (N-methyl/N-ethyl adjacent to an activating group) is 1. The minimum absolute atomic E-state index is 0.00859. The van der Waals surface area contributed by atoms with E-state index in [4.69, 9.17) is 14.2 Å². The number of aromatic amines is 1. The van der Waals surface area contributed by atoms with E-state index in [-0.39, 0.29) is 30.2 Å². The fourth-order valence-corrected chi connectivity index (χ4v) is 3.49. The Hall–Kier alpha value is -2.61. The predicted molar refractivity (Wildman–Crippen MR) is 100 cm³/mol. The van der Waals surface area contributed by atoms with Gasteiger partial charge in [0.2, 0.25) is 5.91 Å². The summed E-state index contributed by atoms with van der Waals surface area (Å²) in [4.78, 5) is 32.5. The van der Waals surface area contributed by atoms with Gasteiger partial charge in [-0.3, -0.25) is 9.59 Å². The molecular formula is C19H25N3O5. The van der Waals surface area contributed by atoms with Crippen LogP contribution in [0.4, 0.5) is 0 Å². The van der Waals surface area contributed by atoms with Crippen molar-refractivity contribution in [2.75, 3.05) is 27.9 Å². The molecule has 0 radical (unpaired) electrons. The smallest absolute Gasteiger partial charge is 0.258 e. The van der Waals surface area contributed by atoms with Gasteiger partial charge in [-0.1, -0.05) is 0 Å². The second kappa shape index (κ2) is 8.39. The van der Waals surface area contributed by atoms with Gasteiger partial charge in [-0.15, -0.1) is 0 Å². The standard InChI is InChI=1S/C19H25N3O5/c1-22(18(23)10-25-2)12-4-6-13(7-5-12)27-17-8-14-15(9-16(17)26-3)20-11-21-19(14)24/h8-9,11-13H,4-7,10H2,1-3H3,(H,20,21,24)/t12-,13+. The van der Waals surface area contributed by atoms with Gasteiger partial charge in [-0.2, -0.15) is 0 Å². The molecule has 0 aliphatic heterocycles. The fourth-order valence-electron chi connectivity index (χ4n) is 3.49. The zero-order chi connectivity index (χ0) is 19.4.